The van der Waals surface area contributed by atoms with Gasteiger partial charge >= 0.3 is 0 Å². The summed E-state index contributed by atoms with van der Waals surface area (Å²) in [5.41, 5.74) is 2.89. The van der Waals surface area contributed by atoms with Crippen molar-refractivity contribution in [2.24, 2.45) is 10.2 Å². The molecule has 0 N–H and O–H groups in total. The van der Waals surface area contributed by atoms with Crippen LogP contribution in [-0.4, -0.2) is 38.7 Å². The second-order valence-corrected chi connectivity index (χ2v) is 7.40. The summed E-state index contributed by atoms with van der Waals surface area (Å²) in [6.45, 7) is 7.10. The number of allylic oxidation sites excluding steroid dienone is 1. The first-order valence-corrected chi connectivity index (χ1v) is 10.9. The minimum absolute atomic E-state index is 0.533. The summed E-state index contributed by atoms with van der Waals surface area (Å²) in [6.07, 6.45) is 3.49. The van der Waals surface area contributed by atoms with Gasteiger partial charge in [-0.25, -0.2) is 0 Å². The van der Waals surface area contributed by atoms with Gasteiger partial charge in [-0.2, -0.15) is 5.10 Å². The maximum absolute atomic E-state index is 5.54. The van der Waals surface area contributed by atoms with E-state index < -0.39 is 0 Å². The van der Waals surface area contributed by atoms with Crippen molar-refractivity contribution in [1.29, 1.82) is 0 Å². The van der Waals surface area contributed by atoms with Crippen LogP contribution in [0.3, 0.4) is 0 Å². The summed E-state index contributed by atoms with van der Waals surface area (Å²) in [6, 6.07) is 11.6. The number of nitrogens with zero attached hydrogens (tertiary/aromatic N) is 3. The molecule has 168 valence electrons. The lowest BCUT2D eigenvalue weighted by atomic mass is 10.1. The normalized spacial score (nSPS) is 11.6. The Morgan fingerprint density at radius 2 is 1.72 bits per heavy atom. The van der Waals surface area contributed by atoms with Crippen LogP contribution >= 0.6 is 11.3 Å². The molecule has 0 aliphatic heterocycles. The minimum atomic E-state index is 0.533. The predicted octanol–water partition coefficient (Wildman–Crippen LogP) is 4.76. The molecule has 0 radical (unpaired) electrons. The van der Waals surface area contributed by atoms with Gasteiger partial charge in [0.25, 0.3) is 0 Å². The lowest BCUT2D eigenvalue weighted by Crippen LogP contribution is -2.14. The minimum Gasteiger partial charge on any atom is -0.494 e. The quantitative estimate of drug-likeness (QED) is 0.252. The molecule has 3 rings (SSSR count). The van der Waals surface area contributed by atoms with E-state index in [2.05, 4.69) is 26.7 Å². The monoisotopic (exact) mass is 453 g/mol. The van der Waals surface area contributed by atoms with E-state index in [0.717, 1.165) is 27.4 Å². The van der Waals surface area contributed by atoms with Gasteiger partial charge in [0.1, 0.15) is 5.75 Å². The van der Waals surface area contributed by atoms with Crippen LogP contribution in [0.15, 0.2) is 64.6 Å². The fraction of sp³-hybridized carbons (Fsp3) is 0.250. The van der Waals surface area contributed by atoms with Crippen LogP contribution in [0.5, 0.6) is 23.0 Å². The van der Waals surface area contributed by atoms with Gasteiger partial charge in [0, 0.05) is 17.5 Å². The van der Waals surface area contributed by atoms with Crippen LogP contribution in [0.2, 0.25) is 0 Å². The van der Waals surface area contributed by atoms with E-state index in [9.17, 15) is 0 Å². The third-order valence-corrected chi connectivity index (χ3v) is 5.46. The molecule has 0 bridgehead atoms. The van der Waals surface area contributed by atoms with Gasteiger partial charge in [-0.05, 0) is 48.9 Å². The molecule has 3 aromatic rings. The molecule has 0 unspecified atom stereocenters. The Morgan fingerprint density at radius 3 is 2.28 bits per heavy atom. The van der Waals surface area contributed by atoms with Gasteiger partial charge < -0.3 is 23.5 Å². The molecular formula is C24H27N3O4S. The molecule has 0 fully saturated rings. The molecule has 7 nitrogen and oxygen atoms in total. The topological polar surface area (TPSA) is 66.6 Å². The maximum Gasteiger partial charge on any atom is 0.211 e. The standard InChI is InChI=1S/C24H27N3O4S/c1-6-12-27-20(18-8-10-19(11-9-18)31-7-2)16-32-24(27)26-25-15-17-13-21(28-3)23(30-5)22(14-17)29-4/h6,8-11,13-16H,1,7,12H2,2-5H3/b25-15+,26-24+. The van der Waals surface area contributed by atoms with Crippen LogP contribution in [0.25, 0.3) is 11.3 Å². The fourth-order valence-corrected chi connectivity index (χ4v) is 4.03. The van der Waals surface area contributed by atoms with Crippen molar-refractivity contribution in [3.8, 4) is 34.3 Å². The van der Waals surface area contributed by atoms with Crippen molar-refractivity contribution < 1.29 is 18.9 Å². The van der Waals surface area contributed by atoms with Gasteiger partial charge in [0.2, 0.25) is 10.6 Å². The zero-order valence-electron chi connectivity index (χ0n) is 18.7. The number of aromatic nitrogens is 1. The van der Waals surface area contributed by atoms with Crippen LogP contribution in [-0.2, 0) is 6.54 Å². The second kappa shape index (κ2) is 11.2. The SMILES string of the molecule is C=CCn1c(-c2ccc(OCC)cc2)cs/c1=N/N=C/c1cc(OC)c(OC)c(OC)c1. The Morgan fingerprint density at radius 1 is 1.03 bits per heavy atom. The molecule has 8 heteroatoms. The summed E-state index contributed by atoms with van der Waals surface area (Å²) in [4.78, 5) is 0.762. The third kappa shape index (κ3) is 5.20. The van der Waals surface area contributed by atoms with Crippen molar-refractivity contribution in [3.63, 3.8) is 0 Å². The van der Waals surface area contributed by atoms with E-state index in [4.69, 9.17) is 18.9 Å². The van der Waals surface area contributed by atoms with Crippen molar-refractivity contribution in [1.82, 2.24) is 4.57 Å². The number of ether oxygens (including phenoxy) is 4. The highest BCUT2D eigenvalue weighted by Gasteiger charge is 2.12. The summed E-state index contributed by atoms with van der Waals surface area (Å²) in [7, 11) is 4.73. The highest BCUT2D eigenvalue weighted by atomic mass is 32.1. The van der Waals surface area contributed by atoms with Crippen LogP contribution in [0, 0.1) is 0 Å². The molecular weight excluding hydrogens is 426 g/mol. The second-order valence-electron chi connectivity index (χ2n) is 6.56. The first-order valence-electron chi connectivity index (χ1n) is 10.0. The first-order chi connectivity index (χ1) is 15.6. The average molecular weight is 454 g/mol. The number of rotatable bonds is 10. The molecule has 0 saturated carbocycles. The summed E-state index contributed by atoms with van der Waals surface area (Å²) in [5.74, 6) is 2.50. The molecule has 1 heterocycles. The molecule has 0 saturated heterocycles. The van der Waals surface area contributed by atoms with E-state index in [-0.39, 0.29) is 0 Å². The Kier molecular flexibility index (Phi) is 8.10. The number of hydrogen-bond acceptors (Lipinski definition) is 7. The van der Waals surface area contributed by atoms with Crippen LogP contribution < -0.4 is 23.7 Å². The molecule has 0 spiro atoms. The van der Waals surface area contributed by atoms with E-state index in [0.29, 0.717) is 30.4 Å². The zero-order chi connectivity index (χ0) is 22.9. The van der Waals surface area contributed by atoms with Gasteiger partial charge in [0.15, 0.2) is 11.5 Å². The predicted molar refractivity (Wildman–Crippen MR) is 128 cm³/mol. The molecule has 0 amide bonds. The van der Waals surface area contributed by atoms with Crippen molar-refractivity contribution in [2.75, 3.05) is 27.9 Å². The van der Waals surface area contributed by atoms with Gasteiger partial charge in [-0.1, -0.05) is 6.08 Å². The smallest absolute Gasteiger partial charge is 0.211 e. The molecule has 0 aliphatic rings. The molecule has 2 aromatic carbocycles. The van der Waals surface area contributed by atoms with E-state index >= 15 is 0 Å². The number of benzene rings is 2. The lowest BCUT2D eigenvalue weighted by Gasteiger charge is -2.12. The first kappa shape index (κ1) is 23.1. The Hall–Kier alpha value is -3.52. The average Bonchev–Trinajstić information content (AvgIpc) is 3.21. The van der Waals surface area contributed by atoms with Gasteiger partial charge in [-0.15, -0.1) is 23.0 Å². The van der Waals surface area contributed by atoms with Crippen molar-refractivity contribution >= 4 is 17.6 Å². The van der Waals surface area contributed by atoms with Crippen molar-refractivity contribution in [2.45, 2.75) is 13.5 Å². The number of hydrogen-bond donors (Lipinski definition) is 0. The van der Waals surface area contributed by atoms with E-state index in [1.165, 1.54) is 11.3 Å². The highest BCUT2D eigenvalue weighted by molar-refractivity contribution is 7.07. The molecule has 0 aliphatic carbocycles. The summed E-state index contributed by atoms with van der Waals surface area (Å²) >= 11 is 1.52. The summed E-state index contributed by atoms with van der Waals surface area (Å²) < 4.78 is 23.7. The number of methoxy groups -OCH3 is 3. The van der Waals surface area contributed by atoms with Gasteiger partial charge in [-0.3, -0.25) is 0 Å². The van der Waals surface area contributed by atoms with Crippen LogP contribution in [0.1, 0.15) is 12.5 Å². The molecule has 0 atom stereocenters. The highest BCUT2D eigenvalue weighted by Crippen LogP contribution is 2.37. The largest absolute Gasteiger partial charge is 0.494 e. The molecule has 1 aromatic heterocycles. The Bertz CT molecular complexity index is 1120. The third-order valence-electron chi connectivity index (χ3n) is 4.61. The van der Waals surface area contributed by atoms with E-state index in [1.807, 2.05) is 49.4 Å². The Labute approximate surface area is 191 Å². The Balaban J connectivity index is 1.94. The number of thiazole rings is 1. The zero-order valence-corrected chi connectivity index (χ0v) is 19.5. The lowest BCUT2D eigenvalue weighted by molar-refractivity contribution is 0.324. The summed E-state index contributed by atoms with van der Waals surface area (Å²) in [5, 5.41) is 10.8. The van der Waals surface area contributed by atoms with Gasteiger partial charge in [0.05, 0.1) is 39.8 Å². The fourth-order valence-electron chi connectivity index (χ4n) is 3.16. The molecule has 32 heavy (non-hydrogen) atoms. The van der Waals surface area contributed by atoms with Crippen LogP contribution in [0.4, 0.5) is 0 Å². The van der Waals surface area contributed by atoms with Crippen molar-refractivity contribution in [3.05, 3.63) is 64.8 Å². The maximum atomic E-state index is 5.54. The van der Waals surface area contributed by atoms with E-state index in [1.54, 1.807) is 27.5 Å².